The van der Waals surface area contributed by atoms with Crippen molar-refractivity contribution in [2.45, 2.75) is 12.5 Å². The molecule has 1 fully saturated rings. The van der Waals surface area contributed by atoms with Gasteiger partial charge in [-0.05, 0) is 30.7 Å². The third-order valence-electron chi connectivity index (χ3n) is 4.48. The van der Waals surface area contributed by atoms with Gasteiger partial charge in [0.25, 0.3) is 5.91 Å². The molecular formula is C18H21N3O4S. The number of carbonyl (C=O) groups is 1. The number of sulfone groups is 1. The van der Waals surface area contributed by atoms with Crippen LogP contribution in [0.25, 0.3) is 0 Å². The van der Waals surface area contributed by atoms with E-state index in [0.717, 1.165) is 0 Å². The predicted molar refractivity (Wildman–Crippen MR) is 101 cm³/mol. The first-order valence-corrected chi connectivity index (χ1v) is 10.1. The lowest BCUT2D eigenvalue weighted by molar-refractivity contribution is 0.102. The predicted octanol–water partition coefficient (Wildman–Crippen LogP) is 1.97. The zero-order valence-electron chi connectivity index (χ0n) is 14.7. The van der Waals surface area contributed by atoms with Crippen LogP contribution in [-0.2, 0) is 9.84 Å². The maximum absolute atomic E-state index is 12.6. The number of aromatic nitrogens is 1. The lowest BCUT2D eigenvalue weighted by atomic mass is 10.2. The Labute approximate surface area is 152 Å². The molecule has 2 aromatic rings. The highest BCUT2D eigenvalue weighted by Gasteiger charge is 2.31. The van der Waals surface area contributed by atoms with Gasteiger partial charge in [-0.25, -0.2) is 13.4 Å². The van der Waals surface area contributed by atoms with Gasteiger partial charge in [-0.2, -0.15) is 0 Å². The summed E-state index contributed by atoms with van der Waals surface area (Å²) < 4.78 is 28.6. The molecule has 0 bridgehead atoms. The van der Waals surface area contributed by atoms with Crippen molar-refractivity contribution in [1.29, 1.82) is 0 Å². The van der Waals surface area contributed by atoms with Gasteiger partial charge in [-0.3, -0.25) is 4.79 Å². The molecule has 1 aromatic carbocycles. The zero-order valence-corrected chi connectivity index (χ0v) is 15.5. The van der Waals surface area contributed by atoms with Crippen LogP contribution in [-0.4, -0.2) is 51.0 Å². The summed E-state index contributed by atoms with van der Waals surface area (Å²) in [6.07, 6.45) is 2.12. The maximum Gasteiger partial charge on any atom is 0.255 e. The van der Waals surface area contributed by atoms with Gasteiger partial charge >= 0.3 is 0 Å². The molecule has 1 amide bonds. The van der Waals surface area contributed by atoms with Crippen LogP contribution in [0.5, 0.6) is 5.75 Å². The summed E-state index contributed by atoms with van der Waals surface area (Å²) in [5, 5.41) is 2.82. The molecule has 1 N–H and O–H groups in total. The lowest BCUT2D eigenvalue weighted by Gasteiger charge is -2.24. The maximum atomic E-state index is 12.6. The van der Waals surface area contributed by atoms with Crippen molar-refractivity contribution in [2.24, 2.45) is 0 Å². The van der Waals surface area contributed by atoms with Crippen molar-refractivity contribution < 1.29 is 17.9 Å². The number of ether oxygens (including phenoxy) is 1. The number of nitrogens with one attached hydrogen (secondary N) is 1. The number of rotatable bonds is 5. The van der Waals surface area contributed by atoms with Gasteiger partial charge in [0, 0.05) is 24.8 Å². The second-order valence-electron chi connectivity index (χ2n) is 6.22. The molecule has 7 nitrogen and oxygen atoms in total. The molecule has 1 aliphatic heterocycles. The van der Waals surface area contributed by atoms with Crippen LogP contribution in [0.4, 0.5) is 11.5 Å². The average Bonchev–Trinajstić information content (AvgIpc) is 3.01. The molecule has 1 aliphatic rings. The van der Waals surface area contributed by atoms with E-state index in [9.17, 15) is 13.2 Å². The van der Waals surface area contributed by atoms with Crippen molar-refractivity contribution in [3.05, 3.63) is 48.2 Å². The quantitative estimate of drug-likeness (QED) is 0.859. The van der Waals surface area contributed by atoms with Gasteiger partial charge in [0.05, 0.1) is 24.3 Å². The molecule has 8 heteroatoms. The van der Waals surface area contributed by atoms with Gasteiger partial charge < -0.3 is 15.0 Å². The first-order chi connectivity index (χ1) is 12.4. The number of methoxy groups -OCH3 is 1. The third kappa shape index (κ3) is 3.96. The number of para-hydroxylation sites is 2. The van der Waals surface area contributed by atoms with Crippen molar-refractivity contribution in [3.8, 4) is 5.75 Å². The van der Waals surface area contributed by atoms with Crippen LogP contribution in [0.2, 0.25) is 0 Å². The van der Waals surface area contributed by atoms with E-state index < -0.39 is 9.84 Å². The molecule has 0 radical (unpaired) electrons. The highest BCUT2D eigenvalue weighted by Crippen LogP contribution is 2.25. The summed E-state index contributed by atoms with van der Waals surface area (Å²) in [5.74, 6) is 1.16. The standard InChI is InChI=1S/C18H21N3O4S/c1-21(14-8-10-26(23,24)12-14)17-11-13(7-9-19-17)18(22)20-15-5-3-4-6-16(15)25-2/h3-7,9,11,14H,8,10,12H2,1-2H3,(H,20,22). The third-order valence-corrected chi connectivity index (χ3v) is 6.23. The molecular weight excluding hydrogens is 354 g/mol. The number of hydrogen-bond acceptors (Lipinski definition) is 6. The average molecular weight is 375 g/mol. The van der Waals surface area contributed by atoms with Crippen LogP contribution < -0.4 is 15.0 Å². The lowest BCUT2D eigenvalue weighted by Crippen LogP contribution is -2.33. The SMILES string of the molecule is COc1ccccc1NC(=O)c1ccnc(N(C)C2CCS(=O)(=O)C2)c1. The Morgan fingerprint density at radius 1 is 1.31 bits per heavy atom. The Balaban J connectivity index is 1.77. The summed E-state index contributed by atoms with van der Waals surface area (Å²) >= 11 is 0. The largest absolute Gasteiger partial charge is 0.495 e. The number of anilines is 2. The topological polar surface area (TPSA) is 88.6 Å². The Hall–Kier alpha value is -2.61. The second kappa shape index (κ2) is 7.33. The molecule has 1 saturated heterocycles. The van der Waals surface area contributed by atoms with Crippen LogP contribution >= 0.6 is 0 Å². The Kier molecular flexibility index (Phi) is 5.13. The molecule has 0 spiro atoms. The highest BCUT2D eigenvalue weighted by molar-refractivity contribution is 7.91. The highest BCUT2D eigenvalue weighted by atomic mass is 32.2. The minimum Gasteiger partial charge on any atom is -0.495 e. The number of hydrogen-bond donors (Lipinski definition) is 1. The smallest absolute Gasteiger partial charge is 0.255 e. The van der Waals surface area contributed by atoms with Gasteiger partial charge in [0.2, 0.25) is 0 Å². The molecule has 26 heavy (non-hydrogen) atoms. The van der Waals surface area contributed by atoms with E-state index in [2.05, 4.69) is 10.3 Å². The summed E-state index contributed by atoms with van der Waals surface area (Å²) in [4.78, 5) is 18.7. The fourth-order valence-corrected chi connectivity index (χ4v) is 4.74. The van der Waals surface area contributed by atoms with E-state index in [4.69, 9.17) is 4.74 Å². The van der Waals surface area contributed by atoms with Gasteiger partial charge in [-0.1, -0.05) is 12.1 Å². The van der Waals surface area contributed by atoms with Crippen molar-refractivity contribution in [2.75, 3.05) is 35.9 Å². The summed E-state index contributed by atoms with van der Waals surface area (Å²) in [5.41, 5.74) is 1.02. The minimum absolute atomic E-state index is 0.114. The number of benzene rings is 1. The summed E-state index contributed by atoms with van der Waals surface area (Å²) in [6, 6.07) is 10.3. The Bertz CT molecular complexity index is 914. The van der Waals surface area contributed by atoms with Crippen LogP contribution in [0.1, 0.15) is 16.8 Å². The van der Waals surface area contributed by atoms with Crippen LogP contribution in [0.15, 0.2) is 42.6 Å². The van der Waals surface area contributed by atoms with E-state index in [0.29, 0.717) is 29.2 Å². The molecule has 0 saturated carbocycles. The van der Waals surface area contributed by atoms with Gasteiger partial charge in [-0.15, -0.1) is 0 Å². The Morgan fingerprint density at radius 3 is 2.77 bits per heavy atom. The normalized spacial score (nSPS) is 18.3. The molecule has 1 unspecified atom stereocenters. The number of carbonyl (C=O) groups excluding carboxylic acids is 1. The fourth-order valence-electron chi connectivity index (χ4n) is 2.96. The summed E-state index contributed by atoms with van der Waals surface area (Å²) in [7, 11) is 0.357. The fraction of sp³-hybridized carbons (Fsp3) is 0.333. The number of pyridine rings is 1. The molecule has 0 aliphatic carbocycles. The van der Waals surface area contributed by atoms with Crippen molar-refractivity contribution in [3.63, 3.8) is 0 Å². The van der Waals surface area contributed by atoms with Gasteiger partial charge in [0.1, 0.15) is 11.6 Å². The Morgan fingerprint density at radius 2 is 2.08 bits per heavy atom. The first kappa shape index (κ1) is 18.2. The van der Waals surface area contributed by atoms with Crippen LogP contribution in [0, 0.1) is 0 Å². The van der Waals surface area contributed by atoms with Crippen molar-refractivity contribution >= 4 is 27.2 Å². The van der Waals surface area contributed by atoms with E-state index in [1.807, 2.05) is 17.0 Å². The molecule has 1 aromatic heterocycles. The molecule has 3 rings (SSSR count). The molecule has 1 atom stereocenters. The number of nitrogens with zero attached hydrogens (tertiary/aromatic N) is 2. The van der Waals surface area contributed by atoms with Gasteiger partial charge in [0.15, 0.2) is 9.84 Å². The van der Waals surface area contributed by atoms with E-state index in [1.165, 1.54) is 0 Å². The monoisotopic (exact) mass is 375 g/mol. The zero-order chi connectivity index (χ0) is 18.7. The van der Waals surface area contributed by atoms with Crippen molar-refractivity contribution in [1.82, 2.24) is 4.98 Å². The number of amides is 1. The van der Waals surface area contributed by atoms with E-state index in [1.54, 1.807) is 44.6 Å². The summed E-state index contributed by atoms with van der Waals surface area (Å²) in [6.45, 7) is 0. The first-order valence-electron chi connectivity index (χ1n) is 8.23. The van der Waals surface area contributed by atoms with E-state index >= 15 is 0 Å². The molecule has 2 heterocycles. The van der Waals surface area contributed by atoms with E-state index in [-0.39, 0.29) is 23.5 Å². The van der Waals surface area contributed by atoms with Crippen LogP contribution in [0.3, 0.4) is 0 Å². The second-order valence-corrected chi connectivity index (χ2v) is 8.45. The molecule has 138 valence electrons. The minimum atomic E-state index is -2.99.